The predicted octanol–water partition coefficient (Wildman–Crippen LogP) is 5.64. The van der Waals surface area contributed by atoms with Crippen LogP contribution in [-0.4, -0.2) is 5.91 Å². The van der Waals surface area contributed by atoms with Gasteiger partial charge in [0.2, 0.25) is 0 Å². The summed E-state index contributed by atoms with van der Waals surface area (Å²) in [6.07, 6.45) is -0.449. The zero-order chi connectivity index (χ0) is 23.3. The highest BCUT2D eigenvalue weighted by Gasteiger charge is 2.30. The Kier molecular flexibility index (Phi) is 6.54. The van der Waals surface area contributed by atoms with E-state index in [-0.39, 0.29) is 5.91 Å². The van der Waals surface area contributed by atoms with Crippen molar-refractivity contribution in [2.45, 2.75) is 19.3 Å². The number of benzene rings is 3. The average Bonchev–Trinajstić information content (AvgIpc) is 2.83. The fourth-order valence-corrected chi connectivity index (χ4v) is 3.62. The summed E-state index contributed by atoms with van der Waals surface area (Å²) < 4.78 is 40.7. The van der Waals surface area contributed by atoms with Crippen LogP contribution >= 0.6 is 0 Å². The highest BCUT2D eigenvalue weighted by atomic mass is 19.4. The Morgan fingerprint density at radius 1 is 0.788 bits per heavy atom. The molecule has 0 fully saturated rings. The molecular formula is C27H22F3N2O+. The van der Waals surface area contributed by atoms with Crippen molar-refractivity contribution in [3.8, 4) is 11.1 Å². The van der Waals surface area contributed by atoms with Gasteiger partial charge in [-0.05, 0) is 35.4 Å². The van der Waals surface area contributed by atoms with Crippen molar-refractivity contribution in [2.75, 3.05) is 0 Å². The van der Waals surface area contributed by atoms with Crippen LogP contribution in [0.2, 0.25) is 0 Å². The third-order valence-electron chi connectivity index (χ3n) is 5.28. The van der Waals surface area contributed by atoms with E-state index < -0.39 is 11.7 Å². The third kappa shape index (κ3) is 5.66. The predicted molar refractivity (Wildman–Crippen MR) is 120 cm³/mol. The van der Waals surface area contributed by atoms with Crippen LogP contribution in [0.5, 0.6) is 0 Å². The normalized spacial score (nSPS) is 11.2. The summed E-state index contributed by atoms with van der Waals surface area (Å²) in [5.41, 5.74) is 2.93. The van der Waals surface area contributed by atoms with Gasteiger partial charge < -0.3 is 5.32 Å². The minimum Gasteiger partial charge on any atom is -0.348 e. The van der Waals surface area contributed by atoms with Gasteiger partial charge in [0.25, 0.3) is 5.91 Å². The number of amides is 1. The lowest BCUT2D eigenvalue weighted by molar-refractivity contribution is -0.688. The van der Waals surface area contributed by atoms with Gasteiger partial charge in [-0.15, -0.1) is 0 Å². The van der Waals surface area contributed by atoms with Crippen LogP contribution in [0.3, 0.4) is 0 Å². The molecule has 1 aromatic heterocycles. The topological polar surface area (TPSA) is 33.0 Å². The molecule has 6 heteroatoms. The van der Waals surface area contributed by atoms with E-state index in [2.05, 4.69) is 17.4 Å². The minimum atomic E-state index is -4.40. The standard InChI is InChI=1S/C27H21F3N2O/c28-27(29,30)23-14-12-22(13-15-23)24-10-4-5-11-25(24)26(33)31-17-21-9-6-16-32(19-21)18-20-7-2-1-3-8-20/h1-16,19H,17-18H2/p+1. The van der Waals surface area contributed by atoms with E-state index in [0.29, 0.717) is 23.2 Å². The van der Waals surface area contributed by atoms with Crippen molar-refractivity contribution in [2.24, 2.45) is 0 Å². The van der Waals surface area contributed by atoms with Crippen molar-refractivity contribution in [3.05, 3.63) is 126 Å². The lowest BCUT2D eigenvalue weighted by atomic mass is 9.98. The molecule has 166 valence electrons. The Bertz CT molecular complexity index is 1240. The van der Waals surface area contributed by atoms with Crippen molar-refractivity contribution in [1.29, 1.82) is 0 Å². The van der Waals surface area contributed by atoms with E-state index in [9.17, 15) is 18.0 Å². The molecule has 1 amide bonds. The monoisotopic (exact) mass is 447 g/mol. The number of rotatable bonds is 6. The molecule has 3 nitrogen and oxygen atoms in total. The Labute approximate surface area is 190 Å². The molecule has 0 saturated heterocycles. The van der Waals surface area contributed by atoms with Gasteiger partial charge >= 0.3 is 6.18 Å². The lowest BCUT2D eigenvalue weighted by Crippen LogP contribution is -2.34. The molecule has 0 aliphatic heterocycles. The molecule has 1 heterocycles. The van der Waals surface area contributed by atoms with E-state index in [1.165, 1.54) is 17.7 Å². The zero-order valence-corrected chi connectivity index (χ0v) is 17.7. The second kappa shape index (κ2) is 9.69. The molecule has 0 aliphatic carbocycles. The maximum absolute atomic E-state index is 12.9. The second-order valence-corrected chi connectivity index (χ2v) is 7.67. The first-order valence-corrected chi connectivity index (χ1v) is 10.5. The largest absolute Gasteiger partial charge is 0.416 e. The summed E-state index contributed by atoms with van der Waals surface area (Å²) in [7, 11) is 0. The second-order valence-electron chi connectivity index (χ2n) is 7.67. The maximum atomic E-state index is 12.9. The molecule has 0 unspecified atom stereocenters. The molecule has 4 rings (SSSR count). The van der Waals surface area contributed by atoms with Crippen LogP contribution in [0.4, 0.5) is 13.2 Å². The Morgan fingerprint density at radius 3 is 2.18 bits per heavy atom. The fourth-order valence-electron chi connectivity index (χ4n) is 3.62. The fraction of sp³-hybridized carbons (Fsp3) is 0.111. The van der Waals surface area contributed by atoms with E-state index in [1.54, 1.807) is 24.3 Å². The number of halogens is 3. The number of pyridine rings is 1. The van der Waals surface area contributed by atoms with Crippen molar-refractivity contribution < 1.29 is 22.5 Å². The maximum Gasteiger partial charge on any atom is 0.416 e. The van der Waals surface area contributed by atoms with E-state index in [4.69, 9.17) is 0 Å². The molecule has 4 aromatic rings. The van der Waals surface area contributed by atoms with Crippen LogP contribution < -0.4 is 9.88 Å². The Morgan fingerprint density at radius 2 is 1.45 bits per heavy atom. The quantitative estimate of drug-likeness (QED) is 0.382. The van der Waals surface area contributed by atoms with Crippen molar-refractivity contribution in [3.63, 3.8) is 0 Å². The van der Waals surface area contributed by atoms with E-state index >= 15 is 0 Å². The van der Waals surface area contributed by atoms with Gasteiger partial charge in [-0.25, -0.2) is 4.57 Å². The molecule has 0 bridgehead atoms. The zero-order valence-electron chi connectivity index (χ0n) is 17.7. The average molecular weight is 447 g/mol. The van der Waals surface area contributed by atoms with Crippen LogP contribution in [0.25, 0.3) is 11.1 Å². The van der Waals surface area contributed by atoms with Crippen LogP contribution in [-0.2, 0) is 19.3 Å². The number of carbonyl (C=O) groups excluding carboxylic acids is 1. The lowest BCUT2D eigenvalue weighted by Gasteiger charge is -2.12. The number of carbonyl (C=O) groups is 1. The van der Waals surface area contributed by atoms with Crippen molar-refractivity contribution in [1.82, 2.24) is 5.32 Å². The molecule has 0 atom stereocenters. The summed E-state index contributed by atoms with van der Waals surface area (Å²) >= 11 is 0. The summed E-state index contributed by atoms with van der Waals surface area (Å²) in [4.78, 5) is 12.9. The molecule has 0 spiro atoms. The van der Waals surface area contributed by atoms with Gasteiger partial charge in [-0.1, -0.05) is 60.7 Å². The van der Waals surface area contributed by atoms with Gasteiger partial charge in [0.15, 0.2) is 18.9 Å². The summed E-state index contributed by atoms with van der Waals surface area (Å²) in [6, 6.07) is 25.7. The number of aromatic nitrogens is 1. The molecule has 33 heavy (non-hydrogen) atoms. The smallest absolute Gasteiger partial charge is 0.348 e. The van der Waals surface area contributed by atoms with Gasteiger partial charge in [0.05, 0.1) is 5.56 Å². The van der Waals surface area contributed by atoms with E-state index in [0.717, 1.165) is 24.2 Å². The molecule has 0 radical (unpaired) electrons. The molecule has 0 aliphatic rings. The highest BCUT2D eigenvalue weighted by molar-refractivity contribution is 6.00. The highest BCUT2D eigenvalue weighted by Crippen LogP contribution is 2.31. The number of hydrogen-bond acceptors (Lipinski definition) is 1. The summed E-state index contributed by atoms with van der Waals surface area (Å²) in [6.45, 7) is 1.05. The van der Waals surface area contributed by atoms with E-state index in [1.807, 2.05) is 47.3 Å². The van der Waals surface area contributed by atoms with Gasteiger partial charge in [0.1, 0.15) is 0 Å². The number of nitrogens with one attached hydrogen (secondary N) is 1. The van der Waals surface area contributed by atoms with Gasteiger partial charge in [-0.2, -0.15) is 13.2 Å². The molecular weight excluding hydrogens is 425 g/mol. The summed E-state index contributed by atoms with van der Waals surface area (Å²) in [5, 5.41) is 2.92. The first-order valence-electron chi connectivity index (χ1n) is 10.5. The van der Waals surface area contributed by atoms with Crippen LogP contribution in [0.15, 0.2) is 103 Å². The molecule has 0 saturated carbocycles. The molecule has 1 N–H and O–H groups in total. The molecule has 3 aromatic carbocycles. The Balaban J connectivity index is 1.47. The number of nitrogens with zero attached hydrogens (tertiary/aromatic N) is 1. The van der Waals surface area contributed by atoms with Gasteiger partial charge in [0, 0.05) is 29.3 Å². The summed E-state index contributed by atoms with van der Waals surface area (Å²) in [5.74, 6) is -0.288. The Hall–Kier alpha value is -3.93. The van der Waals surface area contributed by atoms with Gasteiger partial charge in [-0.3, -0.25) is 4.79 Å². The minimum absolute atomic E-state index is 0.288. The number of hydrogen-bond donors (Lipinski definition) is 1. The third-order valence-corrected chi connectivity index (χ3v) is 5.28. The number of alkyl halides is 3. The van der Waals surface area contributed by atoms with Crippen LogP contribution in [0.1, 0.15) is 27.0 Å². The first kappa shape index (κ1) is 22.3. The first-order chi connectivity index (χ1) is 15.9. The SMILES string of the molecule is O=C(NCc1ccc[n+](Cc2ccccc2)c1)c1ccccc1-c1ccc(C(F)(F)F)cc1. The van der Waals surface area contributed by atoms with Crippen LogP contribution in [0, 0.1) is 0 Å². The van der Waals surface area contributed by atoms with Crippen molar-refractivity contribution >= 4 is 5.91 Å².